The highest BCUT2D eigenvalue weighted by Crippen LogP contribution is 2.42. The van der Waals surface area contributed by atoms with Crippen molar-refractivity contribution in [2.75, 3.05) is 4.90 Å². The molecule has 1 aromatic heterocycles. The van der Waals surface area contributed by atoms with E-state index in [0.29, 0.717) is 0 Å². The summed E-state index contributed by atoms with van der Waals surface area (Å²) in [7, 11) is 0. The minimum absolute atomic E-state index is 0.897. The highest BCUT2D eigenvalue weighted by Gasteiger charge is 2.18. The van der Waals surface area contributed by atoms with E-state index in [2.05, 4.69) is 229 Å². The molecule has 2 heteroatoms. The monoisotopic (exact) mass is 739 g/mol. The van der Waals surface area contributed by atoms with E-state index in [9.17, 15) is 0 Å². The summed E-state index contributed by atoms with van der Waals surface area (Å²) < 4.78 is 6.55. The Morgan fingerprint density at radius 3 is 1.59 bits per heavy atom. The van der Waals surface area contributed by atoms with Gasteiger partial charge in [0.25, 0.3) is 0 Å². The van der Waals surface area contributed by atoms with Gasteiger partial charge in [0, 0.05) is 33.2 Å². The van der Waals surface area contributed by atoms with Gasteiger partial charge in [0.1, 0.15) is 11.2 Å². The van der Waals surface area contributed by atoms with E-state index < -0.39 is 0 Å². The average molecular weight is 740 g/mol. The van der Waals surface area contributed by atoms with Crippen molar-refractivity contribution < 1.29 is 4.42 Å². The summed E-state index contributed by atoms with van der Waals surface area (Å²) in [5.41, 5.74) is 14.5. The summed E-state index contributed by atoms with van der Waals surface area (Å²) in [6, 6.07) is 80.7. The molecule has 0 fully saturated rings. The van der Waals surface area contributed by atoms with Gasteiger partial charge in [-0.3, -0.25) is 0 Å². The molecule has 0 unspecified atom stereocenters. The lowest BCUT2D eigenvalue weighted by Crippen LogP contribution is -2.10. The Hall–Kier alpha value is -7.68. The fourth-order valence-corrected chi connectivity index (χ4v) is 8.54. The van der Waals surface area contributed by atoms with Crippen LogP contribution in [-0.4, -0.2) is 0 Å². The average Bonchev–Trinajstić information content (AvgIpc) is 3.70. The first-order chi connectivity index (χ1) is 28.7. The molecule has 0 aliphatic heterocycles. The quantitative estimate of drug-likeness (QED) is 0.162. The standard InChI is InChI=1S/C56H37NO/c1-2-11-38(12-3-1)40-23-25-41(26-24-40)45-16-8-18-49(36-45)57(50-19-9-17-46(37-50)47-28-27-39-13-4-5-15-44(39)35-47)48-32-29-43(30-33-48)51-21-10-22-54-55(51)53-34-31-42-14-6-7-20-52(42)56(53)58-54/h1-37H. The van der Waals surface area contributed by atoms with E-state index in [-0.39, 0.29) is 0 Å². The fourth-order valence-electron chi connectivity index (χ4n) is 8.54. The number of hydrogen-bond acceptors (Lipinski definition) is 2. The van der Waals surface area contributed by atoms with Crippen molar-refractivity contribution in [1.82, 2.24) is 0 Å². The predicted octanol–water partition coefficient (Wildman–Crippen LogP) is 16.0. The van der Waals surface area contributed by atoms with Crippen LogP contribution in [0, 0.1) is 0 Å². The summed E-state index contributed by atoms with van der Waals surface area (Å²) in [5.74, 6) is 0. The Morgan fingerprint density at radius 1 is 0.293 bits per heavy atom. The van der Waals surface area contributed by atoms with Crippen LogP contribution in [0.2, 0.25) is 0 Å². The largest absolute Gasteiger partial charge is 0.455 e. The predicted molar refractivity (Wildman–Crippen MR) is 245 cm³/mol. The second-order valence-electron chi connectivity index (χ2n) is 14.9. The van der Waals surface area contributed by atoms with Crippen LogP contribution in [-0.2, 0) is 0 Å². The first-order valence-corrected chi connectivity index (χ1v) is 19.8. The maximum Gasteiger partial charge on any atom is 0.143 e. The van der Waals surface area contributed by atoms with E-state index >= 15 is 0 Å². The van der Waals surface area contributed by atoms with Gasteiger partial charge in [0.05, 0.1) is 0 Å². The fraction of sp³-hybridized carbons (Fsp3) is 0. The van der Waals surface area contributed by atoms with Crippen LogP contribution < -0.4 is 4.90 Å². The molecule has 11 aromatic rings. The summed E-state index contributed by atoms with van der Waals surface area (Å²) in [6.07, 6.45) is 0. The van der Waals surface area contributed by atoms with Crippen molar-refractivity contribution in [2.24, 2.45) is 0 Å². The summed E-state index contributed by atoms with van der Waals surface area (Å²) in [4.78, 5) is 2.37. The van der Waals surface area contributed by atoms with Crippen LogP contribution in [0.25, 0.3) is 88.0 Å². The molecular formula is C56H37NO. The van der Waals surface area contributed by atoms with Gasteiger partial charge >= 0.3 is 0 Å². The van der Waals surface area contributed by atoms with Crippen LogP contribution in [0.3, 0.4) is 0 Å². The normalized spacial score (nSPS) is 11.4. The molecule has 0 spiro atoms. The first kappa shape index (κ1) is 33.6. The van der Waals surface area contributed by atoms with Gasteiger partial charge in [-0.05, 0) is 115 Å². The number of fused-ring (bicyclic) bond motifs is 6. The zero-order valence-electron chi connectivity index (χ0n) is 31.7. The minimum Gasteiger partial charge on any atom is -0.455 e. The number of hydrogen-bond donors (Lipinski definition) is 0. The molecule has 0 aliphatic rings. The number of nitrogens with zero attached hydrogens (tertiary/aromatic N) is 1. The molecule has 0 N–H and O–H groups in total. The maximum absolute atomic E-state index is 6.55. The third kappa shape index (κ3) is 6.00. The molecule has 0 aliphatic carbocycles. The molecule has 58 heavy (non-hydrogen) atoms. The molecule has 1 heterocycles. The minimum atomic E-state index is 0.897. The molecule has 2 nitrogen and oxygen atoms in total. The van der Waals surface area contributed by atoms with Gasteiger partial charge in [-0.25, -0.2) is 0 Å². The molecule has 0 amide bonds. The third-order valence-corrected chi connectivity index (χ3v) is 11.4. The summed E-state index contributed by atoms with van der Waals surface area (Å²) in [5, 5.41) is 7.06. The van der Waals surface area contributed by atoms with Crippen molar-refractivity contribution in [3.63, 3.8) is 0 Å². The molecular weight excluding hydrogens is 703 g/mol. The second-order valence-corrected chi connectivity index (χ2v) is 14.9. The van der Waals surface area contributed by atoms with E-state index in [1.807, 2.05) is 0 Å². The molecule has 0 bridgehead atoms. The lowest BCUT2D eigenvalue weighted by atomic mass is 9.97. The van der Waals surface area contributed by atoms with Crippen LogP contribution in [0.4, 0.5) is 17.1 Å². The van der Waals surface area contributed by atoms with Gasteiger partial charge in [-0.2, -0.15) is 0 Å². The van der Waals surface area contributed by atoms with E-state index in [1.54, 1.807) is 0 Å². The van der Waals surface area contributed by atoms with Crippen molar-refractivity contribution >= 4 is 60.5 Å². The Bertz CT molecular complexity index is 3270. The lowest BCUT2D eigenvalue weighted by Gasteiger charge is -2.27. The zero-order chi connectivity index (χ0) is 38.4. The van der Waals surface area contributed by atoms with Gasteiger partial charge in [-0.15, -0.1) is 0 Å². The molecule has 10 aromatic carbocycles. The zero-order valence-corrected chi connectivity index (χ0v) is 31.7. The van der Waals surface area contributed by atoms with E-state index in [0.717, 1.165) is 61.1 Å². The maximum atomic E-state index is 6.55. The van der Waals surface area contributed by atoms with Gasteiger partial charge in [-0.1, -0.05) is 170 Å². The van der Waals surface area contributed by atoms with E-state index in [4.69, 9.17) is 4.42 Å². The van der Waals surface area contributed by atoms with Gasteiger partial charge < -0.3 is 9.32 Å². The highest BCUT2D eigenvalue weighted by molar-refractivity contribution is 6.19. The van der Waals surface area contributed by atoms with E-state index in [1.165, 1.54) is 44.0 Å². The van der Waals surface area contributed by atoms with Gasteiger partial charge in [0.15, 0.2) is 0 Å². The van der Waals surface area contributed by atoms with Crippen LogP contribution >= 0.6 is 0 Å². The summed E-state index contributed by atoms with van der Waals surface area (Å²) >= 11 is 0. The number of anilines is 3. The van der Waals surface area contributed by atoms with Crippen molar-refractivity contribution in [1.29, 1.82) is 0 Å². The third-order valence-electron chi connectivity index (χ3n) is 11.4. The molecule has 272 valence electrons. The Balaban J connectivity index is 1.02. The van der Waals surface area contributed by atoms with Crippen LogP contribution in [0.15, 0.2) is 229 Å². The Kier molecular flexibility index (Phi) is 8.19. The van der Waals surface area contributed by atoms with Gasteiger partial charge in [0.2, 0.25) is 0 Å². The number of rotatable bonds is 7. The summed E-state index contributed by atoms with van der Waals surface area (Å²) in [6.45, 7) is 0. The van der Waals surface area contributed by atoms with Crippen molar-refractivity contribution in [3.05, 3.63) is 224 Å². The SMILES string of the molecule is c1ccc(-c2ccc(-c3cccc(N(c4ccc(-c5cccc6oc7c8ccccc8ccc7c56)cc4)c4cccc(-c5ccc6ccccc6c5)c4)c3)cc2)cc1. The smallest absolute Gasteiger partial charge is 0.143 e. The molecule has 0 saturated carbocycles. The van der Waals surface area contributed by atoms with Crippen molar-refractivity contribution in [2.45, 2.75) is 0 Å². The Labute approximate surface area is 337 Å². The molecule has 0 radical (unpaired) electrons. The molecule has 0 saturated heterocycles. The number of benzene rings is 10. The first-order valence-electron chi connectivity index (χ1n) is 19.8. The molecule has 11 rings (SSSR count). The lowest BCUT2D eigenvalue weighted by molar-refractivity contribution is 0.673. The molecule has 0 atom stereocenters. The topological polar surface area (TPSA) is 16.4 Å². The highest BCUT2D eigenvalue weighted by atomic mass is 16.3. The van der Waals surface area contributed by atoms with Crippen molar-refractivity contribution in [3.8, 4) is 44.5 Å². The van der Waals surface area contributed by atoms with Crippen LogP contribution in [0.1, 0.15) is 0 Å². The van der Waals surface area contributed by atoms with Crippen LogP contribution in [0.5, 0.6) is 0 Å². The Morgan fingerprint density at radius 2 is 0.828 bits per heavy atom. The second kappa shape index (κ2) is 14.1. The number of furan rings is 1.